The normalized spacial score (nSPS) is 16.0. The van der Waals surface area contributed by atoms with Crippen LogP contribution in [0.2, 0.25) is 0 Å². The van der Waals surface area contributed by atoms with Crippen LogP contribution in [-0.4, -0.2) is 78.7 Å². The van der Waals surface area contributed by atoms with Crippen molar-refractivity contribution in [3.8, 4) is 11.7 Å². The number of carbonyl (C=O) groups excluding carboxylic acids is 1. The topological polar surface area (TPSA) is 107 Å². The van der Waals surface area contributed by atoms with Crippen LogP contribution in [0.4, 0.5) is 5.69 Å². The molecule has 0 saturated heterocycles. The fourth-order valence-corrected chi connectivity index (χ4v) is 6.71. The Hall–Kier alpha value is -3.12. The summed E-state index contributed by atoms with van der Waals surface area (Å²) in [6.07, 6.45) is 4.78. The van der Waals surface area contributed by atoms with Crippen LogP contribution in [0.5, 0.6) is 5.88 Å². The van der Waals surface area contributed by atoms with E-state index >= 15 is 0 Å². The highest BCUT2D eigenvalue weighted by Crippen LogP contribution is 2.33. The highest BCUT2D eigenvalue weighted by molar-refractivity contribution is 7.93. The van der Waals surface area contributed by atoms with Crippen molar-refractivity contribution in [2.24, 2.45) is 0 Å². The zero-order chi connectivity index (χ0) is 29.9. The van der Waals surface area contributed by atoms with Gasteiger partial charge in [0.05, 0.1) is 11.2 Å². The first-order valence-corrected chi connectivity index (χ1v) is 15.2. The molecular formula is C28H33Cl2N5O5S. The van der Waals surface area contributed by atoms with Crippen LogP contribution in [0.3, 0.4) is 0 Å². The fourth-order valence-electron chi connectivity index (χ4n) is 4.20. The Morgan fingerprint density at radius 1 is 1.12 bits per heavy atom. The number of benzene rings is 1. The lowest BCUT2D eigenvalue weighted by Gasteiger charge is -2.30. The number of halogens is 2. The number of sulfonamides is 1. The predicted molar refractivity (Wildman–Crippen MR) is 161 cm³/mol. The van der Waals surface area contributed by atoms with Gasteiger partial charge in [0.25, 0.3) is 0 Å². The molecule has 2 heterocycles. The van der Waals surface area contributed by atoms with Crippen LogP contribution >= 0.6 is 23.2 Å². The van der Waals surface area contributed by atoms with E-state index in [2.05, 4.69) is 10.2 Å². The zero-order valence-electron chi connectivity index (χ0n) is 23.5. The van der Waals surface area contributed by atoms with Gasteiger partial charge in [0.1, 0.15) is 24.0 Å². The van der Waals surface area contributed by atoms with Gasteiger partial charge >= 0.3 is 5.97 Å². The van der Waals surface area contributed by atoms with Gasteiger partial charge in [-0.15, -0.1) is 10.2 Å². The maximum atomic E-state index is 13.9. The van der Waals surface area contributed by atoms with Gasteiger partial charge in [-0.25, -0.2) is 8.42 Å². The molecule has 0 radical (unpaired) electrons. The molecule has 1 unspecified atom stereocenters. The van der Waals surface area contributed by atoms with Crippen LogP contribution in [0.1, 0.15) is 27.2 Å². The van der Waals surface area contributed by atoms with Gasteiger partial charge in [0.2, 0.25) is 15.9 Å². The summed E-state index contributed by atoms with van der Waals surface area (Å²) in [6, 6.07) is 10.5. The summed E-state index contributed by atoms with van der Waals surface area (Å²) in [6.45, 7) is 5.89. The molecule has 0 bridgehead atoms. The van der Waals surface area contributed by atoms with Crippen molar-refractivity contribution in [3.63, 3.8) is 0 Å². The SMILES string of the molecule is CN(C)CCOc1ccc(-n2ccc3cc(N(CC(=O)OC(C)(C)C)S(=O)(=O)C4C=C(Cl)C=C(Cl)C4)ccc32)nn1. The van der Waals surface area contributed by atoms with Crippen molar-refractivity contribution in [3.05, 3.63) is 64.8 Å². The largest absolute Gasteiger partial charge is 0.475 e. The number of fused-ring (bicyclic) bond motifs is 1. The molecule has 2 aromatic heterocycles. The smallest absolute Gasteiger partial charge is 0.327 e. The summed E-state index contributed by atoms with van der Waals surface area (Å²) < 4.78 is 41.7. The van der Waals surface area contributed by atoms with Crippen molar-refractivity contribution < 1.29 is 22.7 Å². The van der Waals surface area contributed by atoms with E-state index < -0.39 is 33.4 Å². The molecule has 1 atom stereocenters. The third-order valence-electron chi connectivity index (χ3n) is 6.04. The van der Waals surface area contributed by atoms with E-state index in [0.29, 0.717) is 29.0 Å². The molecule has 1 aromatic carbocycles. The molecular weight excluding hydrogens is 589 g/mol. The lowest BCUT2D eigenvalue weighted by molar-refractivity contribution is -0.152. The minimum Gasteiger partial charge on any atom is -0.475 e. The maximum absolute atomic E-state index is 13.9. The number of anilines is 1. The molecule has 0 spiro atoms. The molecule has 10 nitrogen and oxygen atoms in total. The van der Waals surface area contributed by atoms with Crippen LogP contribution in [0.25, 0.3) is 16.7 Å². The first-order valence-electron chi connectivity index (χ1n) is 12.9. The number of carbonyl (C=O) groups is 1. The summed E-state index contributed by atoms with van der Waals surface area (Å²) in [5.74, 6) is 0.299. The Labute approximate surface area is 250 Å². The predicted octanol–water partition coefficient (Wildman–Crippen LogP) is 4.86. The second kappa shape index (κ2) is 12.4. The molecule has 0 saturated carbocycles. The van der Waals surface area contributed by atoms with E-state index in [9.17, 15) is 13.2 Å². The molecule has 220 valence electrons. The van der Waals surface area contributed by atoms with Gasteiger partial charge in [-0.05, 0) is 77.4 Å². The minimum atomic E-state index is -4.13. The van der Waals surface area contributed by atoms with Crippen LogP contribution < -0.4 is 9.04 Å². The van der Waals surface area contributed by atoms with Gasteiger partial charge in [0, 0.05) is 40.7 Å². The second-order valence-electron chi connectivity index (χ2n) is 10.8. The number of ether oxygens (including phenoxy) is 2. The summed E-state index contributed by atoms with van der Waals surface area (Å²) in [4.78, 5) is 14.8. The molecule has 3 aromatic rings. The number of rotatable bonds is 10. The van der Waals surface area contributed by atoms with Crippen molar-refractivity contribution >= 4 is 55.8 Å². The summed E-state index contributed by atoms with van der Waals surface area (Å²) in [5.41, 5.74) is 0.277. The standard InChI is InChI=1S/C28H33Cl2N5O5S/c1-28(2,3)40-27(36)18-35(41(37,38)23-16-20(29)15-21(30)17-23)22-6-7-24-19(14-22)10-11-34(24)25-8-9-26(32-31-25)39-13-12-33(4)5/h6-11,14-16,23H,12-13,17-18H2,1-5H3. The first kappa shape index (κ1) is 30.8. The highest BCUT2D eigenvalue weighted by atomic mass is 35.5. The van der Waals surface area contributed by atoms with E-state index in [1.807, 2.05) is 35.8 Å². The summed E-state index contributed by atoms with van der Waals surface area (Å²) in [7, 11) is -0.204. The maximum Gasteiger partial charge on any atom is 0.327 e. The van der Waals surface area contributed by atoms with Crippen molar-refractivity contribution in [2.75, 3.05) is 38.1 Å². The van der Waals surface area contributed by atoms with E-state index in [0.717, 1.165) is 21.8 Å². The molecule has 0 fully saturated rings. The molecule has 1 aliphatic rings. The Balaban J connectivity index is 1.65. The summed E-state index contributed by atoms with van der Waals surface area (Å²) >= 11 is 12.3. The fraction of sp³-hybridized carbons (Fsp3) is 0.393. The van der Waals surface area contributed by atoms with E-state index in [1.54, 1.807) is 51.1 Å². The van der Waals surface area contributed by atoms with Gasteiger partial charge in [-0.2, -0.15) is 0 Å². The molecule has 13 heteroatoms. The van der Waals surface area contributed by atoms with Crippen LogP contribution in [-0.2, 0) is 19.6 Å². The van der Waals surface area contributed by atoms with Crippen molar-refractivity contribution in [1.29, 1.82) is 0 Å². The molecule has 1 aliphatic carbocycles. The molecule has 4 rings (SSSR count). The number of esters is 1. The van der Waals surface area contributed by atoms with Gasteiger partial charge in [-0.3, -0.25) is 13.7 Å². The van der Waals surface area contributed by atoms with Crippen molar-refractivity contribution in [1.82, 2.24) is 19.7 Å². The monoisotopic (exact) mass is 621 g/mol. The Morgan fingerprint density at radius 2 is 1.88 bits per heavy atom. The van der Waals surface area contributed by atoms with Gasteiger partial charge in [0.15, 0.2) is 5.82 Å². The number of hydrogen-bond acceptors (Lipinski definition) is 8. The number of allylic oxidation sites excluding steroid dienone is 3. The van der Waals surface area contributed by atoms with Gasteiger partial charge in [-0.1, -0.05) is 23.2 Å². The van der Waals surface area contributed by atoms with Gasteiger partial charge < -0.3 is 14.4 Å². The average Bonchev–Trinajstić information content (AvgIpc) is 3.29. The average molecular weight is 623 g/mol. The number of likely N-dealkylation sites (N-methyl/N-ethyl adjacent to an activating group) is 1. The number of hydrogen-bond donors (Lipinski definition) is 0. The van der Waals surface area contributed by atoms with Crippen LogP contribution in [0.15, 0.2) is 64.8 Å². The minimum absolute atomic E-state index is 0.0388. The number of aromatic nitrogens is 3. The third kappa shape index (κ3) is 7.79. The van der Waals surface area contributed by atoms with E-state index in [-0.39, 0.29) is 11.5 Å². The quantitative estimate of drug-likeness (QED) is 0.296. The molecule has 41 heavy (non-hydrogen) atoms. The van der Waals surface area contributed by atoms with Crippen LogP contribution in [0, 0.1) is 0 Å². The van der Waals surface area contributed by atoms with E-state index in [4.69, 9.17) is 32.7 Å². The molecule has 0 amide bonds. The molecule has 0 aliphatic heterocycles. The lowest BCUT2D eigenvalue weighted by atomic mass is 10.2. The third-order valence-corrected chi connectivity index (χ3v) is 8.56. The number of nitrogens with zero attached hydrogens (tertiary/aromatic N) is 5. The van der Waals surface area contributed by atoms with E-state index in [1.165, 1.54) is 12.2 Å². The molecule has 0 N–H and O–H groups in total. The highest BCUT2D eigenvalue weighted by Gasteiger charge is 2.35. The Kier molecular flexibility index (Phi) is 9.32. The lowest BCUT2D eigenvalue weighted by Crippen LogP contribution is -2.43. The van der Waals surface area contributed by atoms with Crippen molar-refractivity contribution in [2.45, 2.75) is 38.0 Å². The zero-order valence-corrected chi connectivity index (χ0v) is 25.9. The Bertz CT molecular complexity index is 1580. The first-order chi connectivity index (χ1) is 19.2. The second-order valence-corrected chi connectivity index (χ2v) is 13.8. The summed E-state index contributed by atoms with van der Waals surface area (Å²) in [5, 5.41) is 8.65. The Morgan fingerprint density at radius 3 is 2.51 bits per heavy atom.